The van der Waals surface area contributed by atoms with Gasteiger partial charge in [0.1, 0.15) is 28.9 Å². The topological polar surface area (TPSA) is 27.7 Å². The van der Waals surface area contributed by atoms with Crippen LogP contribution in [-0.2, 0) is 14.2 Å². The first-order chi connectivity index (χ1) is 13.3. The van der Waals surface area contributed by atoms with Crippen molar-refractivity contribution in [2.45, 2.75) is 45.0 Å². The third-order valence-corrected chi connectivity index (χ3v) is 4.80. The molecule has 0 aromatic heterocycles. The van der Waals surface area contributed by atoms with Gasteiger partial charge in [0.25, 0.3) is 0 Å². The number of rotatable bonds is 6. The zero-order valence-corrected chi connectivity index (χ0v) is 15.9. The van der Waals surface area contributed by atoms with E-state index in [-0.39, 0.29) is 24.5 Å². The fraction of sp³-hybridized carbons (Fsp3) is 0.524. The van der Waals surface area contributed by atoms with Crippen LogP contribution in [0, 0.1) is 17.6 Å². The van der Waals surface area contributed by atoms with E-state index in [0.717, 1.165) is 24.6 Å². The molecule has 28 heavy (non-hydrogen) atoms. The molecule has 1 aromatic rings. The van der Waals surface area contributed by atoms with Gasteiger partial charge in [-0.25, -0.2) is 17.6 Å². The van der Waals surface area contributed by atoms with E-state index in [1.807, 2.05) is 13.8 Å². The van der Waals surface area contributed by atoms with Crippen LogP contribution in [0.1, 0.15) is 38.7 Å². The third kappa shape index (κ3) is 4.47. The van der Waals surface area contributed by atoms with Crippen LogP contribution in [0.4, 0.5) is 17.6 Å². The molecule has 1 saturated heterocycles. The lowest BCUT2D eigenvalue weighted by atomic mass is 9.86. The number of allylic oxidation sites excluding steroid dienone is 2. The summed E-state index contributed by atoms with van der Waals surface area (Å²) >= 11 is 0. The Morgan fingerprint density at radius 2 is 1.71 bits per heavy atom. The van der Waals surface area contributed by atoms with Crippen molar-refractivity contribution in [1.82, 2.24) is 0 Å². The van der Waals surface area contributed by atoms with Crippen LogP contribution in [-0.4, -0.2) is 31.7 Å². The molecule has 1 aliphatic heterocycles. The molecule has 3 nitrogen and oxygen atoms in total. The van der Waals surface area contributed by atoms with Gasteiger partial charge in [-0.3, -0.25) is 0 Å². The van der Waals surface area contributed by atoms with Crippen LogP contribution < -0.4 is 0 Å². The lowest BCUT2D eigenvalue weighted by Gasteiger charge is -2.42. The Balaban J connectivity index is 1.94. The van der Waals surface area contributed by atoms with Crippen molar-refractivity contribution in [2.24, 2.45) is 5.92 Å². The van der Waals surface area contributed by atoms with E-state index < -0.39 is 40.8 Å². The Morgan fingerprint density at radius 1 is 1.07 bits per heavy atom. The van der Waals surface area contributed by atoms with Gasteiger partial charge >= 0.3 is 0 Å². The quantitative estimate of drug-likeness (QED) is 0.468. The molecular weight excluding hydrogens is 376 g/mol. The minimum absolute atomic E-state index is 0.160. The third-order valence-electron chi connectivity index (χ3n) is 4.80. The highest BCUT2D eigenvalue weighted by Crippen LogP contribution is 2.44. The van der Waals surface area contributed by atoms with Gasteiger partial charge in [0, 0.05) is 30.6 Å². The fourth-order valence-electron chi connectivity index (χ4n) is 3.39. The summed E-state index contributed by atoms with van der Waals surface area (Å²) in [5.41, 5.74) is -2.15. The first kappa shape index (κ1) is 21.0. The average Bonchev–Trinajstić information content (AvgIpc) is 2.61. The van der Waals surface area contributed by atoms with Gasteiger partial charge < -0.3 is 14.2 Å². The number of benzene rings is 1. The lowest BCUT2D eigenvalue weighted by Crippen LogP contribution is -2.51. The molecule has 1 aliphatic carbocycles. The van der Waals surface area contributed by atoms with Gasteiger partial charge in [-0.1, -0.05) is 20.3 Å². The molecule has 1 unspecified atom stereocenters. The summed E-state index contributed by atoms with van der Waals surface area (Å²) in [6.07, 6.45) is 1.34. The summed E-state index contributed by atoms with van der Waals surface area (Å²) in [6.45, 7) is 4.95. The van der Waals surface area contributed by atoms with E-state index in [2.05, 4.69) is 0 Å². The van der Waals surface area contributed by atoms with Gasteiger partial charge in [-0.05, 0) is 30.2 Å². The number of ether oxygens (including phenoxy) is 3. The predicted molar refractivity (Wildman–Crippen MR) is 96.6 cm³/mol. The number of halogens is 4. The largest absolute Gasteiger partial charge is 0.365 e. The molecule has 2 aliphatic rings. The summed E-state index contributed by atoms with van der Waals surface area (Å²) in [5.74, 6) is -3.49. The molecule has 0 radical (unpaired) electrons. The second-order valence-electron chi connectivity index (χ2n) is 7.37. The molecule has 1 heterocycles. The minimum Gasteiger partial charge on any atom is -0.365 e. The molecule has 0 amide bonds. The fourth-order valence-corrected chi connectivity index (χ4v) is 3.39. The van der Waals surface area contributed by atoms with Gasteiger partial charge in [0.05, 0.1) is 13.2 Å². The molecule has 0 N–H and O–H groups in total. The van der Waals surface area contributed by atoms with Gasteiger partial charge in [0.2, 0.25) is 0 Å². The van der Waals surface area contributed by atoms with E-state index in [9.17, 15) is 8.78 Å². The smallest absolute Gasteiger partial charge is 0.190 e. The molecule has 0 spiro atoms. The normalized spacial score (nSPS) is 28.4. The molecule has 1 fully saturated rings. The highest BCUT2D eigenvalue weighted by Gasteiger charge is 2.47. The van der Waals surface area contributed by atoms with Crippen molar-refractivity contribution in [3.05, 3.63) is 53.1 Å². The highest BCUT2D eigenvalue weighted by atomic mass is 19.1. The molecule has 1 aromatic carbocycles. The maximum Gasteiger partial charge on any atom is 0.190 e. The van der Waals surface area contributed by atoms with Crippen molar-refractivity contribution < 1.29 is 31.8 Å². The van der Waals surface area contributed by atoms with Crippen LogP contribution in [0.25, 0.3) is 5.57 Å². The van der Waals surface area contributed by atoms with E-state index in [0.29, 0.717) is 25.7 Å². The Hall–Kier alpha value is -1.70. The van der Waals surface area contributed by atoms with Crippen molar-refractivity contribution in [1.29, 1.82) is 0 Å². The number of hydrogen-bond acceptors (Lipinski definition) is 3. The van der Waals surface area contributed by atoms with Crippen LogP contribution in [0.5, 0.6) is 0 Å². The highest BCUT2D eigenvalue weighted by molar-refractivity contribution is 5.80. The Kier molecular flexibility index (Phi) is 6.58. The van der Waals surface area contributed by atoms with Crippen molar-refractivity contribution in [3.63, 3.8) is 0 Å². The predicted octanol–water partition coefficient (Wildman–Crippen LogP) is 5.47. The molecule has 0 bridgehead atoms. The summed E-state index contributed by atoms with van der Waals surface area (Å²) < 4.78 is 74.3. The first-order valence-electron chi connectivity index (χ1n) is 9.45. The van der Waals surface area contributed by atoms with Crippen LogP contribution in [0.15, 0.2) is 35.9 Å². The van der Waals surface area contributed by atoms with E-state index in [1.165, 1.54) is 0 Å². The molecule has 1 atom stereocenters. The van der Waals surface area contributed by atoms with Crippen LogP contribution in [0.3, 0.4) is 0 Å². The maximum atomic E-state index is 15.0. The van der Waals surface area contributed by atoms with Gasteiger partial charge in [-0.15, -0.1) is 0 Å². The summed E-state index contributed by atoms with van der Waals surface area (Å²) in [4.78, 5) is 0. The monoisotopic (exact) mass is 400 g/mol. The Bertz CT molecular complexity index is 749. The van der Waals surface area contributed by atoms with E-state index in [1.54, 1.807) is 0 Å². The summed E-state index contributed by atoms with van der Waals surface area (Å²) in [6, 6.07) is 2.44. The molecule has 3 rings (SSSR count). The van der Waals surface area contributed by atoms with Crippen molar-refractivity contribution in [2.75, 3.05) is 19.8 Å². The van der Waals surface area contributed by atoms with Crippen LogP contribution >= 0.6 is 0 Å². The first-order valence-corrected chi connectivity index (χ1v) is 9.45. The average molecular weight is 400 g/mol. The lowest BCUT2D eigenvalue weighted by molar-refractivity contribution is -0.272. The van der Waals surface area contributed by atoms with Crippen molar-refractivity contribution in [3.8, 4) is 0 Å². The molecule has 7 heteroatoms. The van der Waals surface area contributed by atoms with E-state index >= 15 is 8.78 Å². The zero-order chi connectivity index (χ0) is 20.3. The summed E-state index contributed by atoms with van der Waals surface area (Å²) in [7, 11) is 0. The standard InChI is InChI=1S/C21H24F4O3/c1-3-4-5-28-21(20-26-11-13(2)12-27-20)9-17(24)19(18(25)10-21)14-6-15(22)8-16(23)7-14/h6-9,13,20H,3-5,10-12H2,1-2H3/t13-,20-,21?. The Labute approximate surface area is 162 Å². The second-order valence-corrected chi connectivity index (χ2v) is 7.37. The minimum atomic E-state index is -1.47. The Morgan fingerprint density at radius 3 is 2.29 bits per heavy atom. The van der Waals surface area contributed by atoms with E-state index in [4.69, 9.17) is 14.2 Å². The van der Waals surface area contributed by atoms with Gasteiger partial charge in [-0.2, -0.15) is 0 Å². The molecule has 154 valence electrons. The summed E-state index contributed by atoms with van der Waals surface area (Å²) in [5, 5.41) is 0. The number of unbranched alkanes of at least 4 members (excludes halogenated alkanes) is 1. The number of hydrogen-bond donors (Lipinski definition) is 0. The SMILES string of the molecule is CCCCOC1([C@H]2OC[C@H](C)CO2)C=C(F)C(c2cc(F)cc(F)c2)=C(F)C1. The second kappa shape index (κ2) is 8.76. The molecular formula is C21H24F4O3. The maximum absolute atomic E-state index is 15.0. The van der Waals surface area contributed by atoms with Crippen LogP contribution in [0.2, 0.25) is 0 Å². The van der Waals surface area contributed by atoms with Crippen molar-refractivity contribution >= 4 is 5.57 Å². The zero-order valence-electron chi connectivity index (χ0n) is 15.9. The molecule has 0 saturated carbocycles. The van der Waals surface area contributed by atoms with Gasteiger partial charge in [0.15, 0.2) is 6.29 Å².